The van der Waals surface area contributed by atoms with Gasteiger partial charge >= 0.3 is 0 Å². The van der Waals surface area contributed by atoms with Crippen LogP contribution >= 0.6 is 22.6 Å². The van der Waals surface area contributed by atoms with Crippen LogP contribution < -0.4 is 5.32 Å². The van der Waals surface area contributed by atoms with E-state index in [0.717, 1.165) is 12.8 Å². The molecule has 0 radical (unpaired) electrons. The first-order valence-corrected chi connectivity index (χ1v) is 6.80. The zero-order valence-electron chi connectivity index (χ0n) is 9.37. The molecule has 0 bridgehead atoms. The van der Waals surface area contributed by atoms with Crippen molar-refractivity contribution < 1.29 is 4.79 Å². The minimum Gasteiger partial charge on any atom is -0.349 e. The first kappa shape index (κ1) is 11.9. The van der Waals surface area contributed by atoms with Crippen molar-refractivity contribution in [3.63, 3.8) is 0 Å². The first-order valence-electron chi connectivity index (χ1n) is 5.72. The Morgan fingerprint density at radius 1 is 1.38 bits per heavy atom. The third-order valence-electron chi connectivity index (χ3n) is 3.20. The van der Waals surface area contributed by atoms with E-state index in [0.29, 0.717) is 0 Å². The Balaban J connectivity index is 1.94. The van der Waals surface area contributed by atoms with Gasteiger partial charge in [0.2, 0.25) is 5.91 Å². The van der Waals surface area contributed by atoms with Gasteiger partial charge in [0, 0.05) is 9.49 Å². The molecule has 0 unspecified atom stereocenters. The zero-order valence-corrected chi connectivity index (χ0v) is 11.5. The molecule has 0 saturated heterocycles. The van der Waals surface area contributed by atoms with Gasteiger partial charge in [-0.2, -0.15) is 0 Å². The van der Waals surface area contributed by atoms with E-state index in [2.05, 4.69) is 52.2 Å². The Hall–Kier alpha value is -0.580. The number of halogens is 1. The van der Waals surface area contributed by atoms with E-state index in [1.165, 1.54) is 15.6 Å². The molecule has 16 heavy (non-hydrogen) atoms. The molecular formula is C13H16INO. The highest BCUT2D eigenvalue weighted by Crippen LogP contribution is 2.27. The van der Waals surface area contributed by atoms with Crippen molar-refractivity contribution in [2.45, 2.75) is 32.2 Å². The van der Waals surface area contributed by atoms with E-state index in [-0.39, 0.29) is 17.9 Å². The second-order valence-corrected chi connectivity index (χ2v) is 5.66. The summed E-state index contributed by atoms with van der Waals surface area (Å²) in [6.07, 6.45) is 3.33. The molecule has 2 rings (SSSR count). The van der Waals surface area contributed by atoms with Crippen LogP contribution in [0.5, 0.6) is 0 Å². The summed E-state index contributed by atoms with van der Waals surface area (Å²) in [4.78, 5) is 11.8. The van der Waals surface area contributed by atoms with Crippen LogP contribution in [0.2, 0.25) is 0 Å². The molecule has 2 nitrogen and oxygen atoms in total. The van der Waals surface area contributed by atoms with Crippen molar-refractivity contribution in [1.82, 2.24) is 5.32 Å². The quantitative estimate of drug-likeness (QED) is 0.848. The summed E-state index contributed by atoms with van der Waals surface area (Å²) in [5, 5.41) is 3.08. The molecule has 0 aromatic heterocycles. The SMILES string of the molecule is C[C@H](NC(=O)C1CCC1)c1ccc(I)cc1. The maximum atomic E-state index is 11.8. The van der Waals surface area contributed by atoms with Gasteiger partial charge in [-0.3, -0.25) is 4.79 Å². The van der Waals surface area contributed by atoms with E-state index >= 15 is 0 Å². The standard InChI is InChI=1S/C13H16INO/c1-9(10-5-7-12(14)8-6-10)15-13(16)11-3-2-4-11/h5-9,11H,2-4H2,1H3,(H,15,16)/t9-/m0/s1. The van der Waals surface area contributed by atoms with E-state index in [1.54, 1.807) is 0 Å². The van der Waals surface area contributed by atoms with Crippen molar-refractivity contribution >= 4 is 28.5 Å². The van der Waals surface area contributed by atoms with Gasteiger partial charge < -0.3 is 5.32 Å². The van der Waals surface area contributed by atoms with Gasteiger partial charge in [0.15, 0.2) is 0 Å². The average Bonchev–Trinajstić information content (AvgIpc) is 2.15. The lowest BCUT2D eigenvalue weighted by Gasteiger charge is -2.26. The summed E-state index contributed by atoms with van der Waals surface area (Å²) in [5.41, 5.74) is 1.17. The number of carbonyl (C=O) groups is 1. The second kappa shape index (κ2) is 5.17. The molecule has 1 saturated carbocycles. The number of hydrogen-bond acceptors (Lipinski definition) is 1. The van der Waals surface area contributed by atoms with Gasteiger partial charge in [0.05, 0.1) is 6.04 Å². The molecule has 1 fully saturated rings. The predicted octanol–water partition coefficient (Wildman–Crippen LogP) is 3.27. The molecule has 1 aromatic carbocycles. The number of carbonyl (C=O) groups excluding carboxylic acids is 1. The van der Waals surface area contributed by atoms with Crippen LogP contribution in [0, 0.1) is 9.49 Å². The molecule has 0 spiro atoms. The fourth-order valence-electron chi connectivity index (χ4n) is 1.84. The molecule has 1 amide bonds. The third kappa shape index (κ3) is 2.75. The van der Waals surface area contributed by atoms with E-state index in [4.69, 9.17) is 0 Å². The summed E-state index contributed by atoms with van der Waals surface area (Å²) in [6, 6.07) is 8.41. The lowest BCUT2D eigenvalue weighted by molar-refractivity contribution is -0.128. The van der Waals surface area contributed by atoms with Gasteiger partial charge in [-0.15, -0.1) is 0 Å². The zero-order chi connectivity index (χ0) is 11.5. The van der Waals surface area contributed by atoms with Crippen LogP contribution in [-0.4, -0.2) is 5.91 Å². The van der Waals surface area contributed by atoms with Crippen LogP contribution in [0.4, 0.5) is 0 Å². The number of hydrogen-bond donors (Lipinski definition) is 1. The summed E-state index contributed by atoms with van der Waals surface area (Å²) in [6.45, 7) is 2.04. The van der Waals surface area contributed by atoms with Gasteiger partial charge in [-0.05, 0) is 60.1 Å². The second-order valence-electron chi connectivity index (χ2n) is 4.41. The fourth-order valence-corrected chi connectivity index (χ4v) is 2.20. The van der Waals surface area contributed by atoms with Crippen LogP contribution in [0.25, 0.3) is 0 Å². The molecule has 1 atom stereocenters. The van der Waals surface area contributed by atoms with E-state index < -0.39 is 0 Å². The highest BCUT2D eigenvalue weighted by atomic mass is 127. The van der Waals surface area contributed by atoms with Crippen LogP contribution in [0.3, 0.4) is 0 Å². The van der Waals surface area contributed by atoms with Gasteiger partial charge in [-0.25, -0.2) is 0 Å². The molecule has 3 heteroatoms. The Labute approximate surface area is 110 Å². The van der Waals surface area contributed by atoms with Gasteiger partial charge in [-0.1, -0.05) is 18.6 Å². The lowest BCUT2D eigenvalue weighted by Crippen LogP contribution is -2.35. The third-order valence-corrected chi connectivity index (χ3v) is 3.92. The van der Waals surface area contributed by atoms with Crippen molar-refractivity contribution in [3.05, 3.63) is 33.4 Å². The molecule has 0 heterocycles. The summed E-state index contributed by atoms with van der Waals surface area (Å²) in [7, 11) is 0. The van der Waals surface area contributed by atoms with Gasteiger partial charge in [0.1, 0.15) is 0 Å². The van der Waals surface area contributed by atoms with Crippen molar-refractivity contribution in [2.75, 3.05) is 0 Å². The minimum absolute atomic E-state index is 0.116. The van der Waals surface area contributed by atoms with Crippen molar-refractivity contribution in [3.8, 4) is 0 Å². The smallest absolute Gasteiger partial charge is 0.223 e. The molecule has 1 aliphatic rings. The Kier molecular flexibility index (Phi) is 3.84. The normalized spacial score (nSPS) is 17.6. The number of benzene rings is 1. The van der Waals surface area contributed by atoms with Gasteiger partial charge in [0.25, 0.3) is 0 Å². The van der Waals surface area contributed by atoms with E-state index in [9.17, 15) is 4.79 Å². The maximum absolute atomic E-state index is 11.8. The first-order chi connectivity index (χ1) is 7.66. The molecule has 0 aliphatic heterocycles. The lowest BCUT2D eigenvalue weighted by atomic mass is 9.84. The van der Waals surface area contributed by atoms with Crippen LogP contribution in [0.1, 0.15) is 37.8 Å². The molecular weight excluding hydrogens is 313 g/mol. The molecule has 1 N–H and O–H groups in total. The van der Waals surface area contributed by atoms with Crippen molar-refractivity contribution in [1.29, 1.82) is 0 Å². The summed E-state index contributed by atoms with van der Waals surface area (Å²) >= 11 is 2.28. The largest absolute Gasteiger partial charge is 0.349 e. The monoisotopic (exact) mass is 329 g/mol. The maximum Gasteiger partial charge on any atom is 0.223 e. The average molecular weight is 329 g/mol. The minimum atomic E-state index is 0.116. The molecule has 1 aliphatic carbocycles. The highest BCUT2D eigenvalue weighted by molar-refractivity contribution is 14.1. The highest BCUT2D eigenvalue weighted by Gasteiger charge is 2.26. The molecule has 86 valence electrons. The number of nitrogens with one attached hydrogen (secondary N) is 1. The Bertz CT molecular complexity index is 370. The number of amides is 1. The summed E-state index contributed by atoms with van der Waals surface area (Å²) < 4.78 is 1.22. The topological polar surface area (TPSA) is 29.1 Å². The summed E-state index contributed by atoms with van der Waals surface area (Å²) in [5.74, 6) is 0.489. The van der Waals surface area contributed by atoms with Crippen LogP contribution in [-0.2, 0) is 4.79 Å². The molecule has 1 aromatic rings. The Morgan fingerprint density at radius 3 is 2.50 bits per heavy atom. The van der Waals surface area contributed by atoms with Crippen LogP contribution in [0.15, 0.2) is 24.3 Å². The van der Waals surface area contributed by atoms with Crippen molar-refractivity contribution in [2.24, 2.45) is 5.92 Å². The van der Waals surface area contributed by atoms with E-state index in [1.807, 2.05) is 6.92 Å². The number of rotatable bonds is 3. The predicted molar refractivity (Wildman–Crippen MR) is 73.1 cm³/mol. The Morgan fingerprint density at radius 2 is 2.00 bits per heavy atom. The fraction of sp³-hybridized carbons (Fsp3) is 0.462.